The van der Waals surface area contributed by atoms with Gasteiger partial charge in [0.25, 0.3) is 0 Å². The molecule has 2 amide bonds. The molecule has 0 bridgehead atoms. The lowest BCUT2D eigenvalue weighted by atomic mass is 10.1. The highest BCUT2D eigenvalue weighted by molar-refractivity contribution is 5.75. The van der Waals surface area contributed by atoms with Crippen molar-refractivity contribution in [2.24, 2.45) is 0 Å². The van der Waals surface area contributed by atoms with Crippen molar-refractivity contribution in [1.29, 1.82) is 0 Å². The number of carbonyl (C=O) groups excluding carboxylic acids is 1. The van der Waals surface area contributed by atoms with Gasteiger partial charge in [0.15, 0.2) is 11.5 Å². The van der Waals surface area contributed by atoms with Crippen molar-refractivity contribution < 1.29 is 14.3 Å². The number of nitrogens with one attached hydrogen (secondary N) is 1. The maximum absolute atomic E-state index is 12.9. The van der Waals surface area contributed by atoms with Gasteiger partial charge in [0.05, 0.1) is 31.0 Å². The van der Waals surface area contributed by atoms with E-state index in [0.717, 1.165) is 16.8 Å². The summed E-state index contributed by atoms with van der Waals surface area (Å²) in [7, 11) is 3.40. The Hall–Kier alpha value is -3.55. The molecule has 2 aromatic carbocycles. The maximum atomic E-state index is 12.9. The number of amides is 2. The molecule has 170 valence electrons. The van der Waals surface area contributed by atoms with E-state index in [0.29, 0.717) is 11.5 Å². The van der Waals surface area contributed by atoms with E-state index in [1.165, 1.54) is 6.33 Å². The van der Waals surface area contributed by atoms with Crippen LogP contribution in [0.15, 0.2) is 55.1 Å². The van der Waals surface area contributed by atoms with Gasteiger partial charge in [0.1, 0.15) is 12.7 Å². The van der Waals surface area contributed by atoms with Crippen LogP contribution in [0, 0.1) is 0 Å². The molecule has 2 atom stereocenters. The first-order chi connectivity index (χ1) is 15.3. The van der Waals surface area contributed by atoms with Crippen molar-refractivity contribution in [2.45, 2.75) is 45.9 Å². The van der Waals surface area contributed by atoms with E-state index in [4.69, 9.17) is 9.47 Å². The molecule has 3 aromatic rings. The number of ether oxygens (including phenoxy) is 2. The quantitative estimate of drug-likeness (QED) is 0.560. The Bertz CT molecular complexity index is 1020. The van der Waals surface area contributed by atoms with Gasteiger partial charge in [0.2, 0.25) is 0 Å². The summed E-state index contributed by atoms with van der Waals surface area (Å²) >= 11 is 0. The number of nitrogens with zero attached hydrogens (tertiary/aromatic N) is 4. The Morgan fingerprint density at radius 2 is 1.72 bits per heavy atom. The van der Waals surface area contributed by atoms with Crippen LogP contribution in [0.1, 0.15) is 50.9 Å². The molecule has 1 heterocycles. The molecule has 0 radical (unpaired) electrons. The summed E-state index contributed by atoms with van der Waals surface area (Å²) in [6.07, 6.45) is 3.19. The molecule has 3 rings (SSSR count). The zero-order valence-corrected chi connectivity index (χ0v) is 19.4. The second-order valence-electron chi connectivity index (χ2n) is 7.97. The van der Waals surface area contributed by atoms with E-state index in [1.54, 1.807) is 30.1 Å². The van der Waals surface area contributed by atoms with Crippen LogP contribution in [0.3, 0.4) is 0 Å². The molecule has 8 heteroatoms. The molecule has 0 spiro atoms. The molecule has 0 aliphatic heterocycles. The molecular weight excluding hydrogens is 406 g/mol. The Kier molecular flexibility index (Phi) is 7.35. The van der Waals surface area contributed by atoms with Crippen molar-refractivity contribution in [3.8, 4) is 17.2 Å². The summed E-state index contributed by atoms with van der Waals surface area (Å²) in [5.74, 6) is 1.33. The van der Waals surface area contributed by atoms with Crippen LogP contribution in [-0.2, 0) is 0 Å². The van der Waals surface area contributed by atoms with Gasteiger partial charge in [0, 0.05) is 7.05 Å². The van der Waals surface area contributed by atoms with Crippen molar-refractivity contribution in [1.82, 2.24) is 25.0 Å². The SMILES string of the molecule is COc1cc(C(C)NC(=O)N(C)C(C)c2ccc(-n3cncn3)cc2)ccc1OC(C)C. The van der Waals surface area contributed by atoms with Crippen LogP contribution in [-0.4, -0.2) is 46.0 Å². The van der Waals surface area contributed by atoms with Crippen LogP contribution >= 0.6 is 0 Å². The van der Waals surface area contributed by atoms with E-state index in [1.807, 2.05) is 70.2 Å². The summed E-state index contributed by atoms with van der Waals surface area (Å²) < 4.78 is 12.9. The van der Waals surface area contributed by atoms with Crippen molar-refractivity contribution >= 4 is 6.03 Å². The number of aromatic nitrogens is 3. The van der Waals surface area contributed by atoms with Crippen molar-refractivity contribution in [3.63, 3.8) is 0 Å². The molecule has 2 unspecified atom stereocenters. The predicted octanol–water partition coefficient (Wildman–Crippen LogP) is 4.53. The van der Waals surface area contributed by atoms with Gasteiger partial charge in [-0.05, 0) is 63.1 Å². The van der Waals surface area contributed by atoms with Crippen LogP contribution in [0.25, 0.3) is 5.69 Å². The van der Waals surface area contributed by atoms with Gasteiger partial charge in [-0.15, -0.1) is 0 Å². The van der Waals surface area contributed by atoms with Crippen LogP contribution in [0.2, 0.25) is 0 Å². The molecule has 0 fully saturated rings. The molecule has 1 N–H and O–H groups in total. The first-order valence-electron chi connectivity index (χ1n) is 10.6. The van der Waals surface area contributed by atoms with Crippen LogP contribution in [0.5, 0.6) is 11.5 Å². The summed E-state index contributed by atoms with van der Waals surface area (Å²) in [4.78, 5) is 18.6. The monoisotopic (exact) mass is 437 g/mol. The fourth-order valence-corrected chi connectivity index (χ4v) is 3.32. The molecule has 1 aromatic heterocycles. The fraction of sp³-hybridized carbons (Fsp3) is 0.375. The lowest BCUT2D eigenvalue weighted by molar-refractivity contribution is 0.191. The highest BCUT2D eigenvalue weighted by atomic mass is 16.5. The van der Waals surface area contributed by atoms with Crippen molar-refractivity contribution in [3.05, 3.63) is 66.2 Å². The van der Waals surface area contributed by atoms with Crippen LogP contribution < -0.4 is 14.8 Å². The topological polar surface area (TPSA) is 81.5 Å². The molecule has 8 nitrogen and oxygen atoms in total. The predicted molar refractivity (Wildman–Crippen MR) is 123 cm³/mol. The summed E-state index contributed by atoms with van der Waals surface area (Å²) in [6.45, 7) is 7.88. The number of hydrogen-bond donors (Lipinski definition) is 1. The minimum absolute atomic E-state index is 0.0484. The van der Waals surface area contributed by atoms with Gasteiger partial charge in [-0.25, -0.2) is 14.5 Å². The Balaban J connectivity index is 1.65. The highest BCUT2D eigenvalue weighted by Crippen LogP contribution is 2.31. The van der Waals surface area contributed by atoms with E-state index >= 15 is 0 Å². The average molecular weight is 438 g/mol. The lowest BCUT2D eigenvalue weighted by Crippen LogP contribution is -2.39. The summed E-state index contributed by atoms with van der Waals surface area (Å²) in [6, 6.07) is 13.2. The van der Waals surface area contributed by atoms with Crippen molar-refractivity contribution in [2.75, 3.05) is 14.2 Å². The number of benzene rings is 2. The molecule has 32 heavy (non-hydrogen) atoms. The molecule has 0 aliphatic carbocycles. The number of urea groups is 1. The van der Waals surface area contributed by atoms with E-state index in [9.17, 15) is 4.79 Å². The second kappa shape index (κ2) is 10.2. The zero-order valence-electron chi connectivity index (χ0n) is 19.4. The Morgan fingerprint density at radius 1 is 1.03 bits per heavy atom. The Morgan fingerprint density at radius 3 is 2.31 bits per heavy atom. The third-order valence-corrected chi connectivity index (χ3v) is 5.35. The highest BCUT2D eigenvalue weighted by Gasteiger charge is 2.20. The molecule has 0 saturated heterocycles. The largest absolute Gasteiger partial charge is 0.493 e. The summed E-state index contributed by atoms with van der Waals surface area (Å²) in [5, 5.41) is 7.19. The smallest absolute Gasteiger partial charge is 0.318 e. The van der Waals surface area contributed by atoms with E-state index < -0.39 is 0 Å². The minimum atomic E-state index is -0.200. The first-order valence-corrected chi connectivity index (χ1v) is 10.6. The minimum Gasteiger partial charge on any atom is -0.493 e. The third kappa shape index (κ3) is 5.38. The lowest BCUT2D eigenvalue weighted by Gasteiger charge is -2.28. The number of hydrogen-bond acceptors (Lipinski definition) is 5. The maximum Gasteiger partial charge on any atom is 0.318 e. The second-order valence-corrected chi connectivity index (χ2v) is 7.97. The van der Waals surface area contributed by atoms with Gasteiger partial charge in [-0.3, -0.25) is 0 Å². The normalized spacial score (nSPS) is 12.8. The number of methoxy groups -OCH3 is 1. The standard InChI is InChI=1S/C24H31N5O3/c1-16(2)32-22-12-9-20(13-23(22)31-6)17(3)27-24(30)28(5)18(4)19-7-10-21(11-8-19)29-15-25-14-26-29/h7-18H,1-6H3,(H,27,30). The Labute approximate surface area is 189 Å². The third-order valence-electron chi connectivity index (χ3n) is 5.35. The fourth-order valence-electron chi connectivity index (χ4n) is 3.32. The average Bonchev–Trinajstić information content (AvgIpc) is 3.33. The zero-order chi connectivity index (χ0) is 23.3. The van der Waals surface area contributed by atoms with Gasteiger partial charge in [-0.1, -0.05) is 18.2 Å². The first kappa shape index (κ1) is 23.1. The molecule has 0 saturated carbocycles. The van der Waals surface area contributed by atoms with Gasteiger partial charge >= 0.3 is 6.03 Å². The van der Waals surface area contributed by atoms with Gasteiger partial charge < -0.3 is 19.7 Å². The van der Waals surface area contributed by atoms with Crippen LogP contribution in [0.4, 0.5) is 4.79 Å². The summed E-state index contributed by atoms with van der Waals surface area (Å²) in [5.41, 5.74) is 2.87. The van der Waals surface area contributed by atoms with E-state index in [-0.39, 0.29) is 24.2 Å². The number of carbonyl (C=O) groups is 1. The molecular formula is C24H31N5O3. The van der Waals surface area contributed by atoms with Gasteiger partial charge in [-0.2, -0.15) is 5.10 Å². The van der Waals surface area contributed by atoms with E-state index in [2.05, 4.69) is 15.4 Å². The number of rotatable bonds is 8. The molecule has 0 aliphatic rings.